The number of hydrogen-bond donors (Lipinski definition) is 0. The second-order valence-corrected chi connectivity index (χ2v) is 6.71. The number of nitrogens with zero attached hydrogens (tertiary/aromatic N) is 2. The molecule has 1 amide bonds. The second-order valence-electron chi connectivity index (χ2n) is 5.04. The molecule has 1 fully saturated rings. The van der Waals surface area contributed by atoms with Crippen LogP contribution in [0, 0.1) is 18.3 Å². The lowest BCUT2D eigenvalue weighted by atomic mass is 10.1. The van der Waals surface area contributed by atoms with E-state index in [0.29, 0.717) is 14.8 Å². The van der Waals surface area contributed by atoms with Crippen LogP contribution in [0.25, 0.3) is 6.08 Å². The summed E-state index contributed by atoms with van der Waals surface area (Å²) in [6.45, 7) is 1.96. The molecule has 0 spiro atoms. The Morgan fingerprint density at radius 2 is 1.87 bits per heavy atom. The van der Waals surface area contributed by atoms with Crippen LogP contribution in [-0.2, 0) is 4.79 Å². The summed E-state index contributed by atoms with van der Waals surface area (Å²) in [4.78, 5) is 14.9. The van der Waals surface area contributed by atoms with Crippen LogP contribution in [0.3, 0.4) is 0 Å². The van der Waals surface area contributed by atoms with Crippen molar-refractivity contribution in [2.24, 2.45) is 0 Å². The summed E-state index contributed by atoms with van der Waals surface area (Å²) in [6.07, 6.45) is 1.80. The molecular formula is C18H12N2OS2. The molecule has 2 aromatic rings. The largest absolute Gasteiger partial charge is 0.270 e. The molecular weight excluding hydrogens is 324 g/mol. The smallest absolute Gasteiger partial charge is 0.268 e. The summed E-state index contributed by atoms with van der Waals surface area (Å²) in [5, 5.41) is 8.83. The van der Waals surface area contributed by atoms with E-state index in [1.807, 2.05) is 43.3 Å². The first kappa shape index (κ1) is 15.5. The molecule has 112 valence electrons. The molecule has 0 saturated carbocycles. The molecule has 0 radical (unpaired) electrons. The number of para-hydroxylation sites is 1. The van der Waals surface area contributed by atoms with Gasteiger partial charge in [0.15, 0.2) is 4.32 Å². The fourth-order valence-electron chi connectivity index (χ4n) is 2.29. The average molecular weight is 336 g/mol. The van der Waals surface area contributed by atoms with Crippen molar-refractivity contribution >= 4 is 46.0 Å². The Kier molecular flexibility index (Phi) is 4.28. The van der Waals surface area contributed by atoms with Crippen molar-refractivity contribution in [2.45, 2.75) is 6.92 Å². The van der Waals surface area contributed by atoms with Crippen molar-refractivity contribution < 1.29 is 4.79 Å². The minimum absolute atomic E-state index is 0.112. The summed E-state index contributed by atoms with van der Waals surface area (Å²) in [5.41, 5.74) is 3.28. The first-order valence-corrected chi connectivity index (χ1v) is 8.16. The van der Waals surface area contributed by atoms with Gasteiger partial charge in [-0.05, 0) is 42.3 Å². The van der Waals surface area contributed by atoms with Crippen LogP contribution >= 0.6 is 24.0 Å². The van der Waals surface area contributed by atoms with Gasteiger partial charge in [-0.25, -0.2) is 0 Å². The third kappa shape index (κ3) is 3.04. The van der Waals surface area contributed by atoms with Crippen LogP contribution in [0.1, 0.15) is 16.7 Å². The van der Waals surface area contributed by atoms with Gasteiger partial charge in [0.05, 0.1) is 22.2 Å². The van der Waals surface area contributed by atoms with E-state index in [9.17, 15) is 4.79 Å². The number of rotatable bonds is 2. The molecule has 1 aliphatic rings. The van der Waals surface area contributed by atoms with Crippen molar-refractivity contribution in [3.8, 4) is 6.07 Å². The van der Waals surface area contributed by atoms with Crippen molar-refractivity contribution in [3.63, 3.8) is 0 Å². The topological polar surface area (TPSA) is 44.1 Å². The third-order valence-corrected chi connectivity index (χ3v) is 4.79. The zero-order valence-electron chi connectivity index (χ0n) is 12.3. The molecule has 0 aromatic heterocycles. The quantitative estimate of drug-likeness (QED) is 0.607. The number of aryl methyl sites for hydroxylation is 1. The molecule has 3 nitrogen and oxygen atoms in total. The van der Waals surface area contributed by atoms with E-state index in [2.05, 4.69) is 6.07 Å². The number of thioether (sulfide) groups is 1. The number of carbonyl (C=O) groups is 1. The van der Waals surface area contributed by atoms with Gasteiger partial charge >= 0.3 is 0 Å². The summed E-state index contributed by atoms with van der Waals surface area (Å²) in [5.74, 6) is -0.112. The molecule has 1 aliphatic heterocycles. The van der Waals surface area contributed by atoms with Crippen molar-refractivity contribution in [1.29, 1.82) is 5.26 Å². The minimum Gasteiger partial charge on any atom is -0.268 e. The SMILES string of the molecule is Cc1ccccc1N1C(=O)/C(=C/c2ccc(C#N)cc2)SC1=S. The fourth-order valence-corrected chi connectivity index (χ4v) is 3.58. The number of hydrogen-bond acceptors (Lipinski definition) is 4. The molecule has 1 saturated heterocycles. The van der Waals surface area contributed by atoms with E-state index < -0.39 is 0 Å². The number of nitriles is 1. The first-order chi connectivity index (χ1) is 11.1. The van der Waals surface area contributed by atoms with Gasteiger partial charge in [0.1, 0.15) is 0 Å². The Hall–Kier alpha value is -2.42. The molecule has 1 heterocycles. The second kappa shape index (κ2) is 6.37. The predicted octanol–water partition coefficient (Wildman–Crippen LogP) is 4.27. The summed E-state index contributed by atoms with van der Waals surface area (Å²) >= 11 is 6.67. The van der Waals surface area contributed by atoms with Gasteiger partial charge in [0.25, 0.3) is 5.91 Å². The Balaban J connectivity index is 1.93. The molecule has 3 rings (SSSR count). The monoisotopic (exact) mass is 336 g/mol. The van der Waals surface area contributed by atoms with E-state index in [0.717, 1.165) is 16.8 Å². The van der Waals surface area contributed by atoms with E-state index in [4.69, 9.17) is 17.5 Å². The summed E-state index contributed by atoms with van der Waals surface area (Å²) < 4.78 is 0.532. The average Bonchev–Trinajstić information content (AvgIpc) is 2.83. The third-order valence-electron chi connectivity index (χ3n) is 3.49. The highest BCUT2D eigenvalue weighted by atomic mass is 32.2. The van der Waals surface area contributed by atoms with Gasteiger partial charge in [-0.3, -0.25) is 9.69 Å². The minimum atomic E-state index is -0.112. The number of amides is 1. The maximum absolute atomic E-state index is 12.7. The number of thiocarbonyl (C=S) groups is 1. The van der Waals surface area contributed by atoms with Crippen LogP contribution in [0.5, 0.6) is 0 Å². The first-order valence-electron chi connectivity index (χ1n) is 6.94. The number of carbonyl (C=O) groups excluding carboxylic acids is 1. The number of anilines is 1. The van der Waals surface area contributed by atoms with E-state index >= 15 is 0 Å². The molecule has 0 N–H and O–H groups in total. The highest BCUT2D eigenvalue weighted by Crippen LogP contribution is 2.37. The van der Waals surface area contributed by atoms with Crippen LogP contribution in [0.4, 0.5) is 5.69 Å². The van der Waals surface area contributed by atoms with Crippen LogP contribution in [0.15, 0.2) is 53.4 Å². The Morgan fingerprint density at radius 1 is 1.17 bits per heavy atom. The predicted molar refractivity (Wildman–Crippen MR) is 98.0 cm³/mol. The van der Waals surface area contributed by atoms with Gasteiger partial charge in [-0.15, -0.1) is 0 Å². The summed E-state index contributed by atoms with van der Waals surface area (Å²) in [7, 11) is 0. The normalized spacial score (nSPS) is 16.0. The fraction of sp³-hybridized carbons (Fsp3) is 0.0556. The number of benzene rings is 2. The zero-order valence-corrected chi connectivity index (χ0v) is 13.9. The summed E-state index contributed by atoms with van der Waals surface area (Å²) in [6, 6.07) is 16.9. The standard InChI is InChI=1S/C18H12N2OS2/c1-12-4-2-3-5-15(12)20-17(21)16(23-18(20)22)10-13-6-8-14(11-19)9-7-13/h2-10H,1H3/b16-10-. The molecule has 0 aliphatic carbocycles. The Morgan fingerprint density at radius 3 is 2.52 bits per heavy atom. The van der Waals surface area contributed by atoms with Gasteiger partial charge in [-0.2, -0.15) is 5.26 Å². The van der Waals surface area contributed by atoms with Crippen LogP contribution in [-0.4, -0.2) is 10.2 Å². The maximum atomic E-state index is 12.7. The highest BCUT2D eigenvalue weighted by Gasteiger charge is 2.33. The van der Waals surface area contributed by atoms with Crippen molar-refractivity contribution in [3.05, 3.63) is 70.1 Å². The Labute approximate surface area is 144 Å². The van der Waals surface area contributed by atoms with Gasteiger partial charge < -0.3 is 0 Å². The van der Waals surface area contributed by atoms with Crippen LogP contribution < -0.4 is 4.90 Å². The molecule has 23 heavy (non-hydrogen) atoms. The molecule has 2 aromatic carbocycles. The van der Waals surface area contributed by atoms with Crippen LogP contribution in [0.2, 0.25) is 0 Å². The molecule has 5 heteroatoms. The zero-order chi connectivity index (χ0) is 16.4. The van der Waals surface area contributed by atoms with Crippen molar-refractivity contribution in [2.75, 3.05) is 4.90 Å². The lowest BCUT2D eigenvalue weighted by Gasteiger charge is -2.16. The maximum Gasteiger partial charge on any atom is 0.270 e. The van der Waals surface area contributed by atoms with E-state index in [-0.39, 0.29) is 5.91 Å². The highest BCUT2D eigenvalue weighted by molar-refractivity contribution is 8.27. The van der Waals surface area contributed by atoms with Gasteiger partial charge in [0, 0.05) is 0 Å². The Bertz CT molecular complexity index is 863. The molecule has 0 atom stereocenters. The molecule has 0 unspecified atom stereocenters. The van der Waals surface area contributed by atoms with E-state index in [1.54, 1.807) is 23.1 Å². The van der Waals surface area contributed by atoms with Gasteiger partial charge in [-0.1, -0.05) is 54.3 Å². The van der Waals surface area contributed by atoms with Gasteiger partial charge in [0.2, 0.25) is 0 Å². The lowest BCUT2D eigenvalue weighted by Crippen LogP contribution is -2.28. The van der Waals surface area contributed by atoms with Crippen molar-refractivity contribution in [1.82, 2.24) is 0 Å². The molecule has 0 bridgehead atoms. The van der Waals surface area contributed by atoms with E-state index in [1.165, 1.54) is 11.8 Å². The lowest BCUT2D eigenvalue weighted by molar-refractivity contribution is -0.113.